The summed E-state index contributed by atoms with van der Waals surface area (Å²) in [5.74, 6) is 2.84. The van der Waals surface area contributed by atoms with E-state index in [1.54, 1.807) is 6.20 Å². The van der Waals surface area contributed by atoms with Crippen LogP contribution in [-0.2, 0) is 17.6 Å². The van der Waals surface area contributed by atoms with Crippen LogP contribution in [0.25, 0.3) is 0 Å². The maximum Gasteiger partial charge on any atom is 0.248 e. The monoisotopic (exact) mass is 464 g/mol. The van der Waals surface area contributed by atoms with Gasteiger partial charge in [0.1, 0.15) is 11.9 Å². The number of hydrogen-bond acceptors (Lipinski definition) is 8. The van der Waals surface area contributed by atoms with Gasteiger partial charge in [-0.25, -0.2) is 9.97 Å². The molecule has 6 rings (SSSR count). The number of amides is 1. The second kappa shape index (κ2) is 8.74. The van der Waals surface area contributed by atoms with Crippen molar-refractivity contribution in [1.82, 2.24) is 25.1 Å². The molecular formula is C23H28N8OS. The lowest BCUT2D eigenvalue weighted by Gasteiger charge is -2.25. The van der Waals surface area contributed by atoms with Crippen molar-refractivity contribution in [2.45, 2.75) is 69.7 Å². The summed E-state index contributed by atoms with van der Waals surface area (Å²) in [7, 11) is 0. The fourth-order valence-corrected chi connectivity index (χ4v) is 5.40. The van der Waals surface area contributed by atoms with E-state index in [0.29, 0.717) is 17.0 Å². The summed E-state index contributed by atoms with van der Waals surface area (Å²) >= 11 is 1.43. The number of hydrogen-bond donors (Lipinski definition) is 3. The first kappa shape index (κ1) is 20.6. The highest BCUT2D eigenvalue weighted by Gasteiger charge is 2.34. The van der Waals surface area contributed by atoms with Crippen molar-refractivity contribution in [2.75, 3.05) is 22.1 Å². The smallest absolute Gasteiger partial charge is 0.248 e. The van der Waals surface area contributed by atoms with Gasteiger partial charge in [-0.1, -0.05) is 6.42 Å². The summed E-state index contributed by atoms with van der Waals surface area (Å²) in [5.41, 5.74) is 3.48. The minimum atomic E-state index is -0.294. The molecule has 1 atom stereocenters. The summed E-state index contributed by atoms with van der Waals surface area (Å²) in [6.07, 6.45) is 11.2. The van der Waals surface area contributed by atoms with Crippen molar-refractivity contribution >= 4 is 40.0 Å². The van der Waals surface area contributed by atoms with E-state index in [1.807, 2.05) is 5.38 Å². The topological polar surface area (TPSA) is 112 Å². The first-order valence-corrected chi connectivity index (χ1v) is 12.8. The van der Waals surface area contributed by atoms with Crippen LogP contribution in [0.3, 0.4) is 0 Å². The molecule has 3 aromatic heterocycles. The Labute approximate surface area is 196 Å². The van der Waals surface area contributed by atoms with E-state index in [4.69, 9.17) is 9.97 Å². The zero-order chi connectivity index (χ0) is 22.2. The van der Waals surface area contributed by atoms with E-state index in [1.165, 1.54) is 41.9 Å². The summed E-state index contributed by atoms with van der Waals surface area (Å²) in [4.78, 5) is 29.2. The van der Waals surface area contributed by atoms with Gasteiger partial charge in [0, 0.05) is 41.4 Å². The molecule has 0 bridgehead atoms. The number of nitrogens with one attached hydrogen (secondary N) is 3. The van der Waals surface area contributed by atoms with Crippen LogP contribution in [0.1, 0.15) is 67.8 Å². The lowest BCUT2D eigenvalue weighted by Crippen LogP contribution is -2.40. The van der Waals surface area contributed by atoms with E-state index in [-0.39, 0.29) is 11.9 Å². The average molecular weight is 465 g/mol. The molecule has 1 amide bonds. The Morgan fingerprint density at radius 2 is 2.03 bits per heavy atom. The summed E-state index contributed by atoms with van der Waals surface area (Å²) < 4.78 is 0. The van der Waals surface area contributed by atoms with E-state index in [2.05, 4.69) is 36.8 Å². The van der Waals surface area contributed by atoms with Crippen LogP contribution in [0.15, 0.2) is 17.6 Å². The van der Waals surface area contributed by atoms with Crippen molar-refractivity contribution in [3.8, 4) is 0 Å². The Balaban J connectivity index is 1.30. The van der Waals surface area contributed by atoms with Gasteiger partial charge in [0.15, 0.2) is 10.9 Å². The SMILES string of the molecule is O=C(Nc1nccs1)[C@@H]1CCCN1c1nc2c(c(Nc3cc(C4CC4)[nH]n3)n1)CCCCC2. The molecule has 33 heavy (non-hydrogen) atoms. The lowest BCUT2D eigenvalue weighted by molar-refractivity contribution is -0.117. The Hall–Kier alpha value is -3.01. The zero-order valence-corrected chi connectivity index (χ0v) is 19.3. The molecule has 0 spiro atoms. The summed E-state index contributed by atoms with van der Waals surface area (Å²) in [5, 5.41) is 16.6. The number of rotatable bonds is 6. The first-order chi connectivity index (χ1) is 16.2. The van der Waals surface area contributed by atoms with Gasteiger partial charge in [-0.2, -0.15) is 10.1 Å². The van der Waals surface area contributed by atoms with Crippen molar-refractivity contribution < 1.29 is 4.79 Å². The third kappa shape index (κ3) is 4.31. The van der Waals surface area contributed by atoms with Crippen LogP contribution in [0.4, 0.5) is 22.7 Å². The van der Waals surface area contributed by atoms with Crippen LogP contribution >= 0.6 is 11.3 Å². The Kier molecular flexibility index (Phi) is 5.45. The number of nitrogens with zero attached hydrogens (tertiary/aromatic N) is 5. The second-order valence-corrected chi connectivity index (χ2v) is 10.0. The highest BCUT2D eigenvalue weighted by Crippen LogP contribution is 2.40. The van der Waals surface area contributed by atoms with E-state index >= 15 is 0 Å². The molecule has 2 aliphatic carbocycles. The third-order valence-electron chi connectivity index (χ3n) is 6.76. The second-order valence-electron chi connectivity index (χ2n) is 9.14. The maximum absolute atomic E-state index is 13.0. The highest BCUT2D eigenvalue weighted by atomic mass is 32.1. The average Bonchev–Trinajstić information content (AvgIpc) is 3.17. The number of aryl methyl sites for hydroxylation is 1. The molecule has 172 valence electrons. The molecular weight excluding hydrogens is 436 g/mol. The van der Waals surface area contributed by atoms with Crippen molar-refractivity contribution in [3.63, 3.8) is 0 Å². The number of thiazole rings is 1. The van der Waals surface area contributed by atoms with Gasteiger partial charge in [-0.3, -0.25) is 9.89 Å². The highest BCUT2D eigenvalue weighted by molar-refractivity contribution is 7.13. The molecule has 0 unspecified atom stereocenters. The number of aromatic nitrogens is 5. The standard InChI is InChI=1S/C23H28N8OS/c32-21(28-23-24-10-12-33-23)18-7-4-11-31(18)22-25-16-6-3-1-2-5-15(16)20(27-22)26-19-13-17(29-30-19)14-8-9-14/h10,12-14,18H,1-9,11H2,(H,24,28,32)(H2,25,26,27,29,30)/t18-/m0/s1. The number of H-pyrrole nitrogens is 1. The molecule has 1 aliphatic heterocycles. The minimum absolute atomic E-state index is 0.0446. The number of carbonyl (C=O) groups excluding carboxylic acids is 1. The van der Waals surface area contributed by atoms with E-state index in [9.17, 15) is 4.79 Å². The molecule has 3 N–H and O–H groups in total. The van der Waals surface area contributed by atoms with Crippen molar-refractivity contribution in [2.24, 2.45) is 0 Å². The Morgan fingerprint density at radius 1 is 1.12 bits per heavy atom. The quantitative estimate of drug-likeness (QED) is 0.470. The number of anilines is 4. The van der Waals surface area contributed by atoms with Crippen LogP contribution < -0.4 is 15.5 Å². The van der Waals surface area contributed by atoms with Crippen LogP contribution in [0.2, 0.25) is 0 Å². The molecule has 0 radical (unpaired) electrons. The normalized spacial score (nSPS) is 20.4. The molecule has 3 aliphatic rings. The fraction of sp³-hybridized carbons (Fsp3) is 0.522. The molecule has 0 aromatic carbocycles. The molecule has 2 fully saturated rings. The van der Waals surface area contributed by atoms with Gasteiger partial charge in [-0.15, -0.1) is 11.3 Å². The van der Waals surface area contributed by atoms with Crippen LogP contribution in [0, 0.1) is 0 Å². The fourth-order valence-electron chi connectivity index (χ4n) is 4.87. The molecule has 3 aromatic rings. The molecule has 1 saturated carbocycles. The number of aromatic amines is 1. The zero-order valence-electron chi connectivity index (χ0n) is 18.5. The number of fused-ring (bicyclic) bond motifs is 1. The van der Waals surface area contributed by atoms with Crippen molar-refractivity contribution in [1.29, 1.82) is 0 Å². The minimum Gasteiger partial charge on any atom is -0.329 e. The number of carbonyl (C=O) groups is 1. The summed E-state index contributed by atoms with van der Waals surface area (Å²) in [6, 6.07) is 1.81. The van der Waals surface area contributed by atoms with E-state index in [0.717, 1.165) is 62.4 Å². The van der Waals surface area contributed by atoms with Gasteiger partial charge < -0.3 is 15.5 Å². The van der Waals surface area contributed by atoms with E-state index < -0.39 is 0 Å². The molecule has 1 saturated heterocycles. The Morgan fingerprint density at radius 3 is 2.88 bits per heavy atom. The van der Waals surface area contributed by atoms with Gasteiger partial charge >= 0.3 is 0 Å². The molecule has 9 nitrogen and oxygen atoms in total. The van der Waals surface area contributed by atoms with Gasteiger partial charge in [-0.05, 0) is 51.4 Å². The van der Waals surface area contributed by atoms with Gasteiger partial charge in [0.2, 0.25) is 11.9 Å². The maximum atomic E-state index is 13.0. The van der Waals surface area contributed by atoms with Crippen LogP contribution in [0.5, 0.6) is 0 Å². The first-order valence-electron chi connectivity index (χ1n) is 11.9. The lowest BCUT2D eigenvalue weighted by atomic mass is 10.1. The van der Waals surface area contributed by atoms with Crippen molar-refractivity contribution in [3.05, 3.63) is 34.6 Å². The predicted molar refractivity (Wildman–Crippen MR) is 128 cm³/mol. The largest absolute Gasteiger partial charge is 0.329 e. The van der Waals surface area contributed by atoms with Crippen LogP contribution in [-0.4, -0.2) is 43.6 Å². The Bertz CT molecular complexity index is 1140. The molecule has 4 heterocycles. The summed E-state index contributed by atoms with van der Waals surface area (Å²) in [6.45, 7) is 0.766. The third-order valence-corrected chi connectivity index (χ3v) is 7.45. The van der Waals surface area contributed by atoms with Gasteiger partial charge in [0.25, 0.3) is 0 Å². The molecule has 10 heteroatoms. The van der Waals surface area contributed by atoms with Gasteiger partial charge in [0.05, 0.1) is 5.69 Å². The predicted octanol–water partition coefficient (Wildman–Crippen LogP) is 4.15.